The molecule has 0 aromatic carbocycles. The molecular formula is C25H40N6O. The van der Waals surface area contributed by atoms with Crippen LogP contribution in [0.5, 0.6) is 0 Å². The molecule has 2 saturated carbocycles. The quantitative estimate of drug-likeness (QED) is 0.518. The summed E-state index contributed by atoms with van der Waals surface area (Å²) < 4.78 is 5.24. The van der Waals surface area contributed by atoms with E-state index in [1.807, 2.05) is 12.3 Å². The van der Waals surface area contributed by atoms with Gasteiger partial charge in [0.2, 0.25) is 5.96 Å². The van der Waals surface area contributed by atoms with Crippen LogP contribution in [0.25, 0.3) is 0 Å². The molecule has 2 heterocycles. The van der Waals surface area contributed by atoms with Crippen LogP contribution >= 0.6 is 0 Å². The van der Waals surface area contributed by atoms with Gasteiger partial charge in [-0.1, -0.05) is 6.92 Å². The molecule has 3 aliphatic rings. The van der Waals surface area contributed by atoms with Gasteiger partial charge < -0.3 is 20.7 Å². The molecule has 0 spiro atoms. The van der Waals surface area contributed by atoms with Crippen LogP contribution in [0, 0.1) is 11.3 Å². The van der Waals surface area contributed by atoms with E-state index in [1.54, 1.807) is 7.11 Å². The fourth-order valence-corrected chi connectivity index (χ4v) is 4.64. The topological polar surface area (TPSA) is 82.9 Å². The Labute approximate surface area is 192 Å². The lowest BCUT2D eigenvalue weighted by molar-refractivity contribution is 0.158. The number of methoxy groups -OCH3 is 1. The standard InChI is InChI=1S/C25H40N6O/c1-18(16-32-3)30-20-6-4-19(5-7-20)15-28-24-27-13-9-22(31-24)23-14-21(8-12-26-23)29-17-25(2)10-11-25/h8,12,14,18-20,30H,4-7,9-11,13,15-17H2,1-3H3,(H,26,29)(H,27,28)/t18-,19?,20?/m0/s1. The number of nitrogens with zero attached hydrogens (tertiary/aromatic N) is 3. The number of anilines is 1. The van der Waals surface area contributed by atoms with Crippen molar-refractivity contribution in [3.63, 3.8) is 0 Å². The largest absolute Gasteiger partial charge is 0.384 e. The normalized spacial score (nSPS) is 25.5. The molecule has 7 nitrogen and oxygen atoms in total. The summed E-state index contributed by atoms with van der Waals surface area (Å²) in [6.07, 6.45) is 10.3. The first-order valence-corrected chi connectivity index (χ1v) is 12.3. The van der Waals surface area contributed by atoms with Crippen LogP contribution in [-0.2, 0) is 4.74 Å². The van der Waals surface area contributed by atoms with Gasteiger partial charge in [0.15, 0.2) is 0 Å². The molecule has 1 aromatic heterocycles. The molecule has 0 bridgehead atoms. The van der Waals surface area contributed by atoms with E-state index in [4.69, 9.17) is 9.73 Å². The number of ether oxygens (including phenoxy) is 1. The predicted molar refractivity (Wildman–Crippen MR) is 132 cm³/mol. The number of pyridine rings is 1. The van der Waals surface area contributed by atoms with E-state index in [-0.39, 0.29) is 0 Å². The minimum atomic E-state index is 0.420. The van der Waals surface area contributed by atoms with Crippen molar-refractivity contribution in [3.05, 3.63) is 24.0 Å². The Morgan fingerprint density at radius 1 is 1.19 bits per heavy atom. The summed E-state index contributed by atoms with van der Waals surface area (Å²) in [6, 6.07) is 5.21. The van der Waals surface area contributed by atoms with Gasteiger partial charge in [0.1, 0.15) is 0 Å². The first-order chi connectivity index (χ1) is 15.5. The van der Waals surface area contributed by atoms with Crippen molar-refractivity contribution in [2.75, 3.05) is 38.7 Å². The van der Waals surface area contributed by atoms with Gasteiger partial charge in [-0.3, -0.25) is 9.98 Å². The summed E-state index contributed by atoms with van der Waals surface area (Å²) in [4.78, 5) is 14.0. The van der Waals surface area contributed by atoms with Crippen LogP contribution in [0.3, 0.4) is 0 Å². The molecule has 4 rings (SSSR count). The SMILES string of the molecule is COC[C@H](C)NC1CCC(CNC2=NCCC(c3cc(NCC4(C)CC4)ccn3)=N2)CC1. The Morgan fingerprint density at radius 3 is 2.75 bits per heavy atom. The molecular weight excluding hydrogens is 400 g/mol. The van der Waals surface area contributed by atoms with Crippen molar-refractivity contribution in [3.8, 4) is 0 Å². The first kappa shape index (κ1) is 23.2. The van der Waals surface area contributed by atoms with Gasteiger partial charge >= 0.3 is 0 Å². The summed E-state index contributed by atoms with van der Waals surface area (Å²) in [6.45, 7) is 8.06. The smallest absolute Gasteiger partial charge is 0.218 e. The highest BCUT2D eigenvalue weighted by Crippen LogP contribution is 2.44. The summed E-state index contributed by atoms with van der Waals surface area (Å²) in [5, 5.41) is 10.8. The van der Waals surface area contributed by atoms with Gasteiger partial charge in [0, 0.05) is 57.1 Å². The maximum absolute atomic E-state index is 5.24. The Bertz CT molecular complexity index is 810. The van der Waals surface area contributed by atoms with Gasteiger partial charge in [-0.05, 0) is 68.9 Å². The van der Waals surface area contributed by atoms with Gasteiger partial charge in [0.05, 0.1) is 18.0 Å². The van der Waals surface area contributed by atoms with E-state index in [1.165, 1.54) is 38.5 Å². The molecule has 2 aliphatic carbocycles. The number of guanidine groups is 1. The van der Waals surface area contributed by atoms with Crippen LogP contribution in [-0.4, -0.2) is 62.1 Å². The zero-order valence-corrected chi connectivity index (χ0v) is 20.0. The third-order valence-corrected chi connectivity index (χ3v) is 7.06. The summed E-state index contributed by atoms with van der Waals surface area (Å²) in [5.74, 6) is 1.45. The third kappa shape index (κ3) is 6.75. The van der Waals surface area contributed by atoms with Crippen molar-refractivity contribution in [1.29, 1.82) is 0 Å². The maximum atomic E-state index is 5.24. The molecule has 1 aromatic rings. The van der Waals surface area contributed by atoms with Crippen LogP contribution in [0.4, 0.5) is 5.69 Å². The molecule has 0 saturated heterocycles. The molecule has 0 unspecified atom stereocenters. The first-order valence-electron chi connectivity index (χ1n) is 12.3. The molecule has 0 radical (unpaired) electrons. The lowest BCUT2D eigenvalue weighted by atomic mass is 9.85. The zero-order valence-electron chi connectivity index (χ0n) is 20.0. The Morgan fingerprint density at radius 2 is 2.00 bits per heavy atom. The van der Waals surface area contributed by atoms with E-state index in [9.17, 15) is 0 Å². The van der Waals surface area contributed by atoms with Crippen LogP contribution < -0.4 is 16.0 Å². The zero-order chi connectivity index (χ0) is 22.4. The number of aromatic nitrogens is 1. The minimum Gasteiger partial charge on any atom is -0.384 e. The second-order valence-corrected chi connectivity index (χ2v) is 10.2. The highest BCUT2D eigenvalue weighted by molar-refractivity contribution is 6.07. The van der Waals surface area contributed by atoms with E-state index in [0.717, 1.165) is 55.7 Å². The summed E-state index contributed by atoms with van der Waals surface area (Å²) in [5.41, 5.74) is 3.60. The van der Waals surface area contributed by atoms with Crippen molar-refractivity contribution in [2.45, 2.75) is 70.9 Å². The van der Waals surface area contributed by atoms with Crippen molar-refractivity contribution >= 4 is 17.4 Å². The average molecular weight is 441 g/mol. The molecule has 2 fully saturated rings. The fraction of sp³-hybridized carbons (Fsp3) is 0.720. The van der Waals surface area contributed by atoms with Gasteiger partial charge in [0.25, 0.3) is 0 Å². The van der Waals surface area contributed by atoms with Crippen molar-refractivity contribution < 1.29 is 4.74 Å². The Hall–Kier alpha value is -1.99. The lowest BCUT2D eigenvalue weighted by Gasteiger charge is -2.31. The lowest BCUT2D eigenvalue weighted by Crippen LogP contribution is -2.42. The number of rotatable bonds is 10. The van der Waals surface area contributed by atoms with E-state index >= 15 is 0 Å². The van der Waals surface area contributed by atoms with Gasteiger partial charge in [-0.2, -0.15) is 0 Å². The van der Waals surface area contributed by atoms with Crippen LogP contribution in [0.15, 0.2) is 28.3 Å². The molecule has 1 aliphatic heterocycles. The molecule has 7 heteroatoms. The predicted octanol–water partition coefficient (Wildman–Crippen LogP) is 3.62. The van der Waals surface area contributed by atoms with E-state index in [2.05, 4.69) is 45.8 Å². The second kappa shape index (κ2) is 10.8. The number of hydrogen-bond donors (Lipinski definition) is 3. The number of nitrogens with one attached hydrogen (secondary N) is 3. The summed E-state index contributed by atoms with van der Waals surface area (Å²) >= 11 is 0. The minimum absolute atomic E-state index is 0.420. The van der Waals surface area contributed by atoms with Gasteiger partial charge in [-0.15, -0.1) is 0 Å². The van der Waals surface area contributed by atoms with Gasteiger partial charge in [-0.25, -0.2) is 4.99 Å². The fourth-order valence-electron chi connectivity index (χ4n) is 4.64. The number of hydrogen-bond acceptors (Lipinski definition) is 7. The van der Waals surface area contributed by atoms with Crippen molar-refractivity contribution in [1.82, 2.24) is 15.6 Å². The van der Waals surface area contributed by atoms with Crippen LogP contribution in [0.1, 0.15) is 64.5 Å². The Balaban J connectivity index is 1.24. The summed E-state index contributed by atoms with van der Waals surface area (Å²) in [7, 11) is 1.77. The second-order valence-electron chi connectivity index (χ2n) is 10.2. The van der Waals surface area contributed by atoms with E-state index < -0.39 is 0 Å². The maximum Gasteiger partial charge on any atom is 0.218 e. The number of aliphatic imine (C=N–C) groups is 2. The molecule has 1 atom stereocenters. The molecule has 0 amide bonds. The molecule has 32 heavy (non-hydrogen) atoms. The molecule has 176 valence electrons. The average Bonchev–Trinajstić information content (AvgIpc) is 3.55. The van der Waals surface area contributed by atoms with Crippen molar-refractivity contribution in [2.24, 2.45) is 21.3 Å². The Kier molecular flexibility index (Phi) is 7.79. The highest BCUT2D eigenvalue weighted by Gasteiger charge is 2.36. The van der Waals surface area contributed by atoms with E-state index in [0.29, 0.717) is 23.4 Å². The monoisotopic (exact) mass is 440 g/mol. The van der Waals surface area contributed by atoms with Crippen LogP contribution in [0.2, 0.25) is 0 Å². The third-order valence-electron chi connectivity index (χ3n) is 7.06. The highest BCUT2D eigenvalue weighted by atomic mass is 16.5. The molecule has 3 N–H and O–H groups in total.